The Hall–Kier alpha value is -0.120. The van der Waals surface area contributed by atoms with Crippen molar-refractivity contribution in [3.8, 4) is 0 Å². The van der Waals surface area contributed by atoms with E-state index >= 15 is 0 Å². The monoisotopic (exact) mass is 174 g/mol. The lowest BCUT2D eigenvalue weighted by molar-refractivity contribution is 0.0381. The zero-order valence-electron chi connectivity index (χ0n) is 7.82. The maximum absolute atomic E-state index is 8.84. The molecule has 0 saturated carbocycles. The molecule has 72 valence electrons. The van der Waals surface area contributed by atoms with Crippen molar-refractivity contribution >= 4 is 0 Å². The van der Waals surface area contributed by atoms with Crippen LogP contribution in [0.2, 0.25) is 0 Å². The molecule has 3 nitrogen and oxygen atoms in total. The van der Waals surface area contributed by atoms with Crippen molar-refractivity contribution in [1.82, 2.24) is 0 Å². The Bertz CT molecular complexity index is 123. The minimum atomic E-state index is -0.0446. The zero-order chi connectivity index (χ0) is 8.97. The molecule has 0 aromatic carbocycles. The van der Waals surface area contributed by atoms with Crippen LogP contribution in [0.1, 0.15) is 26.2 Å². The first-order valence-electron chi connectivity index (χ1n) is 4.61. The van der Waals surface area contributed by atoms with Crippen LogP contribution in [0, 0.1) is 0 Å². The quantitative estimate of drug-likeness (QED) is 0.610. The predicted molar refractivity (Wildman–Crippen MR) is 46.1 cm³/mol. The van der Waals surface area contributed by atoms with Gasteiger partial charge in [0.1, 0.15) is 0 Å². The van der Waals surface area contributed by atoms with Crippen LogP contribution in [0.25, 0.3) is 0 Å². The average molecular weight is 174 g/mol. The van der Waals surface area contributed by atoms with Crippen molar-refractivity contribution in [3.05, 3.63) is 0 Å². The van der Waals surface area contributed by atoms with Gasteiger partial charge >= 0.3 is 0 Å². The summed E-state index contributed by atoms with van der Waals surface area (Å²) in [6, 6.07) is 0. The Kier molecular flexibility index (Phi) is 3.98. The standard InChI is InChI=1S/C9H18O3/c1-3-4-8-9(12-8)5-7(6-10)11-2/h7-10H,3-6H2,1-2H3. The Balaban J connectivity index is 2.09. The summed E-state index contributed by atoms with van der Waals surface area (Å²) in [6.07, 6.45) is 3.85. The predicted octanol–water partition coefficient (Wildman–Crippen LogP) is 0.951. The minimum Gasteiger partial charge on any atom is -0.394 e. The molecule has 0 bridgehead atoms. The Morgan fingerprint density at radius 1 is 1.50 bits per heavy atom. The molecule has 1 rings (SSSR count). The molecule has 1 aliphatic rings. The Morgan fingerprint density at radius 2 is 2.25 bits per heavy atom. The second-order valence-electron chi connectivity index (χ2n) is 3.28. The SMILES string of the molecule is CCCC1OC1CC(CO)OC. The fraction of sp³-hybridized carbons (Fsp3) is 1.00. The lowest BCUT2D eigenvalue weighted by Crippen LogP contribution is -2.18. The molecule has 0 aromatic rings. The summed E-state index contributed by atoms with van der Waals surface area (Å²) in [5, 5.41) is 8.84. The van der Waals surface area contributed by atoms with E-state index in [4.69, 9.17) is 14.6 Å². The van der Waals surface area contributed by atoms with Gasteiger partial charge in [-0.05, 0) is 6.42 Å². The fourth-order valence-electron chi connectivity index (χ4n) is 1.43. The molecule has 1 fully saturated rings. The highest BCUT2D eigenvalue weighted by Crippen LogP contribution is 2.30. The van der Waals surface area contributed by atoms with E-state index in [2.05, 4.69) is 6.92 Å². The Labute approximate surface area is 73.7 Å². The summed E-state index contributed by atoms with van der Waals surface area (Å²) in [7, 11) is 1.62. The molecule has 0 amide bonds. The second kappa shape index (κ2) is 4.80. The summed E-state index contributed by atoms with van der Waals surface area (Å²) in [4.78, 5) is 0. The van der Waals surface area contributed by atoms with Crippen molar-refractivity contribution in [1.29, 1.82) is 0 Å². The number of hydrogen-bond acceptors (Lipinski definition) is 3. The highest BCUT2D eigenvalue weighted by atomic mass is 16.6. The molecule has 3 atom stereocenters. The van der Waals surface area contributed by atoms with E-state index in [1.54, 1.807) is 7.11 Å². The molecule has 3 heteroatoms. The van der Waals surface area contributed by atoms with E-state index in [-0.39, 0.29) is 12.7 Å². The fourth-order valence-corrected chi connectivity index (χ4v) is 1.43. The van der Waals surface area contributed by atoms with E-state index in [0.29, 0.717) is 12.2 Å². The van der Waals surface area contributed by atoms with Gasteiger partial charge in [-0.25, -0.2) is 0 Å². The van der Waals surface area contributed by atoms with Crippen LogP contribution in [-0.2, 0) is 9.47 Å². The molecular formula is C9H18O3. The number of methoxy groups -OCH3 is 1. The van der Waals surface area contributed by atoms with E-state index < -0.39 is 0 Å². The number of hydrogen-bond donors (Lipinski definition) is 1. The van der Waals surface area contributed by atoms with E-state index in [1.807, 2.05) is 0 Å². The van der Waals surface area contributed by atoms with Crippen molar-refractivity contribution < 1.29 is 14.6 Å². The maximum atomic E-state index is 8.84. The molecule has 3 unspecified atom stereocenters. The van der Waals surface area contributed by atoms with Gasteiger partial charge in [0.15, 0.2) is 0 Å². The molecular weight excluding hydrogens is 156 g/mol. The van der Waals surface area contributed by atoms with Gasteiger partial charge in [-0.2, -0.15) is 0 Å². The zero-order valence-corrected chi connectivity index (χ0v) is 7.82. The van der Waals surface area contributed by atoms with Crippen molar-refractivity contribution in [3.63, 3.8) is 0 Å². The lowest BCUT2D eigenvalue weighted by Gasteiger charge is -2.09. The Morgan fingerprint density at radius 3 is 2.75 bits per heavy atom. The molecule has 1 heterocycles. The van der Waals surface area contributed by atoms with Gasteiger partial charge in [0, 0.05) is 13.5 Å². The van der Waals surface area contributed by atoms with Gasteiger partial charge in [0.2, 0.25) is 0 Å². The molecule has 0 aromatic heterocycles. The van der Waals surface area contributed by atoms with Gasteiger partial charge in [0.05, 0.1) is 24.9 Å². The normalized spacial score (nSPS) is 30.2. The van der Waals surface area contributed by atoms with Crippen LogP contribution in [0.5, 0.6) is 0 Å². The third-order valence-electron chi connectivity index (χ3n) is 2.29. The molecule has 1 N–H and O–H groups in total. The van der Waals surface area contributed by atoms with Crippen LogP contribution in [0.15, 0.2) is 0 Å². The number of aliphatic hydroxyl groups excluding tert-OH is 1. The van der Waals surface area contributed by atoms with Gasteiger partial charge < -0.3 is 14.6 Å². The molecule has 0 radical (unpaired) electrons. The first-order chi connectivity index (χ1) is 5.81. The lowest BCUT2D eigenvalue weighted by atomic mass is 10.1. The second-order valence-corrected chi connectivity index (χ2v) is 3.28. The third kappa shape index (κ3) is 2.73. The first kappa shape index (κ1) is 9.96. The first-order valence-corrected chi connectivity index (χ1v) is 4.61. The van der Waals surface area contributed by atoms with E-state index in [1.165, 1.54) is 0 Å². The molecule has 12 heavy (non-hydrogen) atoms. The molecule has 0 aliphatic carbocycles. The van der Waals surface area contributed by atoms with Gasteiger partial charge in [0.25, 0.3) is 0 Å². The van der Waals surface area contributed by atoms with Gasteiger partial charge in [-0.3, -0.25) is 0 Å². The van der Waals surface area contributed by atoms with Gasteiger partial charge in [-0.1, -0.05) is 13.3 Å². The topological polar surface area (TPSA) is 42.0 Å². The van der Waals surface area contributed by atoms with Crippen molar-refractivity contribution in [2.75, 3.05) is 13.7 Å². The highest BCUT2D eigenvalue weighted by molar-refractivity contribution is 4.86. The summed E-state index contributed by atoms with van der Waals surface area (Å²) >= 11 is 0. The number of epoxide rings is 1. The number of rotatable bonds is 6. The summed E-state index contributed by atoms with van der Waals surface area (Å²) in [6.45, 7) is 2.24. The summed E-state index contributed by atoms with van der Waals surface area (Å²) < 4.78 is 10.4. The molecule has 1 saturated heterocycles. The largest absolute Gasteiger partial charge is 0.394 e. The van der Waals surface area contributed by atoms with E-state index in [9.17, 15) is 0 Å². The number of ether oxygens (including phenoxy) is 2. The molecule has 1 aliphatic heterocycles. The average Bonchev–Trinajstić information content (AvgIpc) is 2.80. The van der Waals surface area contributed by atoms with Crippen molar-refractivity contribution in [2.45, 2.75) is 44.5 Å². The minimum absolute atomic E-state index is 0.0446. The van der Waals surface area contributed by atoms with E-state index in [0.717, 1.165) is 19.3 Å². The summed E-state index contributed by atoms with van der Waals surface area (Å²) in [5.41, 5.74) is 0. The van der Waals surface area contributed by atoms with Crippen LogP contribution in [0.4, 0.5) is 0 Å². The van der Waals surface area contributed by atoms with Crippen molar-refractivity contribution in [2.24, 2.45) is 0 Å². The third-order valence-corrected chi connectivity index (χ3v) is 2.29. The molecule has 0 spiro atoms. The smallest absolute Gasteiger partial charge is 0.0867 e. The summed E-state index contributed by atoms with van der Waals surface area (Å²) in [5.74, 6) is 0. The van der Waals surface area contributed by atoms with Crippen LogP contribution in [0.3, 0.4) is 0 Å². The van der Waals surface area contributed by atoms with Gasteiger partial charge in [-0.15, -0.1) is 0 Å². The highest BCUT2D eigenvalue weighted by Gasteiger charge is 2.38. The maximum Gasteiger partial charge on any atom is 0.0867 e. The number of aliphatic hydroxyl groups is 1. The van der Waals surface area contributed by atoms with Crippen LogP contribution >= 0.6 is 0 Å². The van der Waals surface area contributed by atoms with Crippen LogP contribution < -0.4 is 0 Å². The van der Waals surface area contributed by atoms with Crippen LogP contribution in [-0.4, -0.2) is 37.1 Å².